The molecular weight excluding hydrogens is 432 g/mol. The number of hydrogen-bond acceptors (Lipinski definition) is 9. The average Bonchev–Trinajstić information content (AvgIpc) is 3.23. The SMILES string of the molecule is COC1[C@@H](OC)[C@@H](COP(=O)(O)CP(=O)(O)O)O[C@H]1[n+]1cnc(N)c2[nH]cnc21. The fourth-order valence-corrected chi connectivity index (χ4v) is 5.74. The number of imidazole rings is 1. The molecule has 0 aromatic carbocycles. The van der Waals surface area contributed by atoms with Crippen LogP contribution in [0.15, 0.2) is 12.7 Å². The van der Waals surface area contributed by atoms with Gasteiger partial charge in [-0.15, -0.1) is 0 Å². The number of rotatable bonds is 8. The van der Waals surface area contributed by atoms with Crippen LogP contribution in [0.2, 0.25) is 0 Å². The van der Waals surface area contributed by atoms with Crippen LogP contribution in [0.3, 0.4) is 0 Å². The first-order valence-corrected chi connectivity index (χ1v) is 11.8. The number of H-pyrrole nitrogens is 1. The van der Waals surface area contributed by atoms with Crippen molar-refractivity contribution in [3.8, 4) is 0 Å². The predicted molar refractivity (Wildman–Crippen MR) is 96.7 cm³/mol. The van der Waals surface area contributed by atoms with E-state index in [4.69, 9.17) is 34.3 Å². The Morgan fingerprint density at radius 1 is 1.24 bits per heavy atom. The minimum Gasteiger partial charge on any atom is -0.376 e. The lowest BCUT2D eigenvalue weighted by Gasteiger charge is -2.21. The second kappa shape index (κ2) is 8.34. The molecule has 0 aliphatic carbocycles. The van der Waals surface area contributed by atoms with Gasteiger partial charge < -0.3 is 44.1 Å². The second-order valence-electron chi connectivity index (χ2n) is 6.34. The van der Waals surface area contributed by atoms with Crippen LogP contribution < -0.4 is 10.3 Å². The van der Waals surface area contributed by atoms with Gasteiger partial charge in [0.2, 0.25) is 18.4 Å². The van der Waals surface area contributed by atoms with Gasteiger partial charge in [0.05, 0.1) is 6.61 Å². The summed E-state index contributed by atoms with van der Waals surface area (Å²) in [5.74, 6) is -1.06. The van der Waals surface area contributed by atoms with Crippen molar-refractivity contribution in [3.63, 3.8) is 0 Å². The maximum absolute atomic E-state index is 11.9. The fraction of sp³-hybridized carbons (Fsp3) is 0.615. The highest BCUT2D eigenvalue weighted by atomic mass is 31.2. The van der Waals surface area contributed by atoms with E-state index in [1.54, 1.807) is 4.57 Å². The fourth-order valence-electron chi connectivity index (χ4n) is 3.17. The van der Waals surface area contributed by atoms with Crippen LogP contribution in [-0.4, -0.2) is 74.7 Å². The Morgan fingerprint density at radius 3 is 2.55 bits per heavy atom. The number of aromatic amines is 1. The van der Waals surface area contributed by atoms with Gasteiger partial charge in [0, 0.05) is 14.2 Å². The Hall–Kier alpha value is -1.47. The zero-order valence-electron chi connectivity index (χ0n) is 15.5. The molecule has 3 rings (SSSR count). The minimum absolute atomic E-state index is 0.238. The molecule has 0 radical (unpaired) electrons. The molecule has 0 bridgehead atoms. The number of nitrogens with zero attached hydrogens (tertiary/aromatic N) is 3. The van der Waals surface area contributed by atoms with Crippen LogP contribution in [0.1, 0.15) is 6.23 Å². The van der Waals surface area contributed by atoms with Crippen LogP contribution in [0.4, 0.5) is 5.82 Å². The lowest BCUT2D eigenvalue weighted by Crippen LogP contribution is -2.48. The molecule has 1 aliphatic heterocycles. The van der Waals surface area contributed by atoms with Crippen molar-refractivity contribution in [3.05, 3.63) is 12.7 Å². The number of methoxy groups -OCH3 is 2. The van der Waals surface area contributed by atoms with Crippen LogP contribution in [0, 0.1) is 0 Å². The quantitative estimate of drug-likeness (QED) is 0.243. The molecule has 2 aromatic heterocycles. The Labute approximate surface area is 164 Å². The number of nitrogens with two attached hydrogens (primary N) is 1. The summed E-state index contributed by atoms with van der Waals surface area (Å²) >= 11 is 0. The predicted octanol–water partition coefficient (Wildman–Crippen LogP) is -0.908. The molecule has 162 valence electrons. The number of aromatic nitrogens is 4. The van der Waals surface area contributed by atoms with Crippen molar-refractivity contribution >= 4 is 32.2 Å². The van der Waals surface area contributed by atoms with Gasteiger partial charge in [-0.1, -0.05) is 9.97 Å². The summed E-state index contributed by atoms with van der Waals surface area (Å²) in [7, 11) is -6.46. The maximum Gasteiger partial charge on any atom is 0.340 e. The Kier molecular flexibility index (Phi) is 6.39. The molecule has 1 aliphatic rings. The first-order chi connectivity index (χ1) is 13.6. The van der Waals surface area contributed by atoms with E-state index in [0.717, 1.165) is 0 Å². The summed E-state index contributed by atoms with van der Waals surface area (Å²) < 4.78 is 46.2. The van der Waals surface area contributed by atoms with Crippen LogP contribution >= 0.6 is 15.2 Å². The zero-order chi connectivity index (χ0) is 21.4. The van der Waals surface area contributed by atoms with Gasteiger partial charge in [-0.2, -0.15) is 0 Å². The highest BCUT2D eigenvalue weighted by Gasteiger charge is 2.49. The molecular formula is C13H22N5O9P2+. The van der Waals surface area contributed by atoms with Gasteiger partial charge >= 0.3 is 15.2 Å². The first-order valence-electron chi connectivity index (χ1n) is 8.27. The van der Waals surface area contributed by atoms with E-state index in [-0.39, 0.29) is 5.82 Å². The van der Waals surface area contributed by atoms with Crippen molar-refractivity contribution in [2.75, 3.05) is 32.5 Å². The summed E-state index contributed by atoms with van der Waals surface area (Å²) in [4.78, 5) is 38.7. The largest absolute Gasteiger partial charge is 0.376 e. The standard InChI is InChI=1S/C13H21N5O9P2/c1-24-9-7(3-26-29(22,23)6-28(19,20)21)27-13(10(9)25-2)18-5-17-11(14)8-12(18)16-4-15-8/h4-5,7,9-10,13H,3,6H2,1-2H3,(H5,14,15,16,19,20,21,22,23)/p+1/t7-,9+,10?,13-/m1/s1. The molecule has 0 spiro atoms. The third-order valence-electron chi connectivity index (χ3n) is 4.35. The van der Waals surface area contributed by atoms with Crippen molar-refractivity contribution in [1.82, 2.24) is 15.0 Å². The van der Waals surface area contributed by atoms with E-state index in [9.17, 15) is 14.0 Å². The molecule has 0 saturated carbocycles. The van der Waals surface area contributed by atoms with Crippen molar-refractivity contribution in [2.24, 2.45) is 0 Å². The normalized spacial score (nSPS) is 27.3. The summed E-state index contributed by atoms with van der Waals surface area (Å²) in [6, 6.07) is 0. The molecule has 6 N–H and O–H groups in total. The third kappa shape index (κ3) is 4.82. The zero-order valence-corrected chi connectivity index (χ0v) is 17.3. The summed E-state index contributed by atoms with van der Waals surface area (Å²) in [6.45, 7) is -0.463. The number of nitrogens with one attached hydrogen (secondary N) is 1. The number of nitrogen functional groups attached to an aromatic ring is 1. The van der Waals surface area contributed by atoms with Gasteiger partial charge in [0.15, 0.2) is 17.7 Å². The Bertz CT molecular complexity index is 965. The van der Waals surface area contributed by atoms with Crippen molar-refractivity contribution < 1.29 is 47.1 Å². The van der Waals surface area contributed by atoms with Gasteiger partial charge in [0.25, 0.3) is 5.65 Å². The molecule has 5 atom stereocenters. The van der Waals surface area contributed by atoms with E-state index in [1.807, 2.05) is 0 Å². The summed E-state index contributed by atoms with van der Waals surface area (Å²) in [5.41, 5.74) is 6.75. The molecule has 0 amide bonds. The van der Waals surface area contributed by atoms with Crippen LogP contribution in [0.25, 0.3) is 11.2 Å². The summed E-state index contributed by atoms with van der Waals surface area (Å²) in [6.07, 6.45) is -0.226. The molecule has 14 nitrogen and oxygen atoms in total. The van der Waals surface area contributed by atoms with E-state index in [1.165, 1.54) is 26.9 Å². The topological polar surface area (TPSA) is 203 Å². The van der Waals surface area contributed by atoms with Crippen molar-refractivity contribution in [1.29, 1.82) is 0 Å². The molecule has 1 saturated heterocycles. The van der Waals surface area contributed by atoms with E-state index >= 15 is 0 Å². The summed E-state index contributed by atoms with van der Waals surface area (Å²) in [5, 5.41) is 0. The number of hydrogen-bond donors (Lipinski definition) is 5. The number of ether oxygens (including phenoxy) is 3. The third-order valence-corrected chi connectivity index (χ3v) is 7.80. The molecule has 29 heavy (non-hydrogen) atoms. The van der Waals surface area contributed by atoms with E-state index in [2.05, 4.69) is 15.0 Å². The highest BCUT2D eigenvalue weighted by Crippen LogP contribution is 2.55. The van der Waals surface area contributed by atoms with Crippen LogP contribution in [0.5, 0.6) is 0 Å². The number of anilines is 1. The van der Waals surface area contributed by atoms with Crippen LogP contribution in [-0.2, 0) is 27.9 Å². The lowest BCUT2D eigenvalue weighted by atomic mass is 10.1. The molecule has 2 unspecified atom stereocenters. The van der Waals surface area contributed by atoms with Gasteiger partial charge in [-0.05, 0) is 0 Å². The molecule has 16 heteroatoms. The minimum atomic E-state index is -4.74. The molecule has 2 aromatic rings. The smallest absolute Gasteiger partial charge is 0.340 e. The van der Waals surface area contributed by atoms with Gasteiger partial charge in [-0.25, -0.2) is 4.57 Å². The second-order valence-corrected chi connectivity index (χ2v) is 10.3. The van der Waals surface area contributed by atoms with E-state index in [0.29, 0.717) is 11.2 Å². The van der Waals surface area contributed by atoms with Gasteiger partial charge in [0.1, 0.15) is 18.3 Å². The Morgan fingerprint density at radius 2 is 1.93 bits per heavy atom. The van der Waals surface area contributed by atoms with Crippen molar-refractivity contribution in [2.45, 2.75) is 24.5 Å². The first kappa shape index (κ1) is 22.2. The average molecular weight is 454 g/mol. The Balaban J connectivity index is 1.84. The van der Waals surface area contributed by atoms with Gasteiger partial charge in [-0.3, -0.25) is 9.13 Å². The maximum atomic E-state index is 11.9. The molecule has 3 heterocycles. The number of fused-ring (bicyclic) bond motifs is 1. The monoisotopic (exact) mass is 454 g/mol. The van der Waals surface area contributed by atoms with E-state index < -0.39 is 52.2 Å². The lowest BCUT2D eigenvalue weighted by molar-refractivity contribution is -0.747. The highest BCUT2D eigenvalue weighted by molar-refractivity contribution is 7.70. The molecule has 1 fully saturated rings.